The Bertz CT molecular complexity index is 898. The quantitative estimate of drug-likeness (QED) is 0.911. The summed E-state index contributed by atoms with van der Waals surface area (Å²) in [4.78, 5) is 15.3. The zero-order valence-corrected chi connectivity index (χ0v) is 16.8. The van der Waals surface area contributed by atoms with Crippen LogP contribution in [0.5, 0.6) is 0 Å². The highest BCUT2D eigenvalue weighted by Crippen LogP contribution is 2.27. The van der Waals surface area contributed by atoms with E-state index in [1.807, 2.05) is 57.5 Å². The number of aromatic nitrogens is 1. The number of carbonyl (C=O) groups excluding carboxylic acids is 1. The van der Waals surface area contributed by atoms with Crippen molar-refractivity contribution >= 4 is 5.91 Å². The Morgan fingerprint density at radius 2 is 1.96 bits per heavy atom. The Morgan fingerprint density at radius 3 is 2.56 bits per heavy atom. The second kappa shape index (κ2) is 7.21. The summed E-state index contributed by atoms with van der Waals surface area (Å²) in [5.74, 6) is 0.0612. The first-order valence-electron chi connectivity index (χ1n) is 9.38. The van der Waals surface area contributed by atoms with Gasteiger partial charge < -0.3 is 9.88 Å². The lowest BCUT2D eigenvalue weighted by Gasteiger charge is -2.37. The van der Waals surface area contributed by atoms with Crippen LogP contribution in [0.4, 0.5) is 0 Å². The minimum atomic E-state index is -0.268. The Morgan fingerprint density at radius 1 is 1.30 bits per heavy atom. The Hall–Kier alpha value is -2.58. The first kappa shape index (κ1) is 19.2. The van der Waals surface area contributed by atoms with Gasteiger partial charge in [0.05, 0.1) is 6.04 Å². The van der Waals surface area contributed by atoms with E-state index in [0.29, 0.717) is 18.7 Å². The normalized spacial score (nSPS) is 17.3. The maximum atomic E-state index is 13.0. The molecule has 1 aromatic heterocycles. The van der Waals surface area contributed by atoms with E-state index in [9.17, 15) is 10.1 Å². The van der Waals surface area contributed by atoms with Gasteiger partial charge in [0.25, 0.3) is 0 Å². The summed E-state index contributed by atoms with van der Waals surface area (Å²) in [6.07, 6.45) is 0.703. The largest absolute Gasteiger partial charge is 0.350 e. The predicted octanol–water partition coefficient (Wildman–Crippen LogP) is 3.05. The summed E-state index contributed by atoms with van der Waals surface area (Å²) in [5.41, 5.74) is 5.06. The van der Waals surface area contributed by atoms with Gasteiger partial charge in [-0.05, 0) is 56.9 Å². The summed E-state index contributed by atoms with van der Waals surface area (Å²) in [7, 11) is 1.91. The van der Waals surface area contributed by atoms with Crippen molar-refractivity contribution in [1.82, 2.24) is 14.8 Å². The zero-order chi connectivity index (χ0) is 19.8. The second-order valence-electron chi connectivity index (χ2n) is 8.44. The molecule has 0 fully saturated rings. The highest BCUT2D eigenvalue weighted by Gasteiger charge is 2.33. The van der Waals surface area contributed by atoms with Gasteiger partial charge in [0.15, 0.2) is 0 Å². The van der Waals surface area contributed by atoms with Crippen LogP contribution in [0.2, 0.25) is 0 Å². The van der Waals surface area contributed by atoms with Gasteiger partial charge in [-0.25, -0.2) is 0 Å². The molecule has 0 bridgehead atoms. The third kappa shape index (κ3) is 4.06. The van der Waals surface area contributed by atoms with Crippen LogP contribution < -0.4 is 5.32 Å². The van der Waals surface area contributed by atoms with E-state index in [2.05, 4.69) is 28.4 Å². The Kier molecular flexibility index (Phi) is 5.12. The molecule has 2 heterocycles. The number of rotatable bonds is 3. The molecule has 3 rings (SSSR count). The first-order valence-corrected chi connectivity index (χ1v) is 9.38. The van der Waals surface area contributed by atoms with Crippen molar-refractivity contribution in [3.63, 3.8) is 0 Å². The van der Waals surface area contributed by atoms with Gasteiger partial charge in [-0.3, -0.25) is 9.69 Å². The molecule has 0 unspecified atom stereocenters. The fourth-order valence-corrected chi connectivity index (χ4v) is 3.70. The van der Waals surface area contributed by atoms with Crippen molar-refractivity contribution in [1.29, 1.82) is 5.26 Å². The SMILES string of the molecule is Cc1c(CN2Cc3ccccc3C[C@H]2C(=O)NC(C)(C)C)cc(C#N)n1C. The molecule has 1 aliphatic heterocycles. The fourth-order valence-electron chi connectivity index (χ4n) is 3.70. The van der Waals surface area contributed by atoms with Crippen LogP contribution in [-0.4, -0.2) is 27.0 Å². The smallest absolute Gasteiger partial charge is 0.238 e. The Labute approximate surface area is 161 Å². The molecule has 2 aromatic rings. The summed E-state index contributed by atoms with van der Waals surface area (Å²) in [6.45, 7) is 9.43. The minimum Gasteiger partial charge on any atom is -0.350 e. The number of nitrogens with zero attached hydrogens (tertiary/aromatic N) is 3. The average Bonchev–Trinajstić information content (AvgIpc) is 2.87. The summed E-state index contributed by atoms with van der Waals surface area (Å²) < 4.78 is 1.91. The van der Waals surface area contributed by atoms with E-state index in [-0.39, 0.29) is 17.5 Å². The fraction of sp³-hybridized carbons (Fsp3) is 0.455. The van der Waals surface area contributed by atoms with E-state index in [0.717, 1.165) is 17.8 Å². The molecule has 0 aliphatic carbocycles. The van der Waals surface area contributed by atoms with Crippen LogP contribution in [-0.2, 0) is 31.4 Å². The lowest BCUT2D eigenvalue weighted by molar-refractivity contribution is -0.128. The van der Waals surface area contributed by atoms with Crippen molar-refractivity contribution in [2.45, 2.75) is 58.8 Å². The van der Waals surface area contributed by atoms with Gasteiger partial charge in [-0.15, -0.1) is 0 Å². The van der Waals surface area contributed by atoms with E-state index < -0.39 is 0 Å². The van der Waals surface area contributed by atoms with Gasteiger partial charge in [0.1, 0.15) is 11.8 Å². The van der Waals surface area contributed by atoms with Crippen LogP contribution in [0.25, 0.3) is 0 Å². The standard InChI is InChI=1S/C22H28N4O/c1-15-18(10-19(12-23)25(15)5)14-26-13-17-9-7-6-8-16(17)11-20(26)21(27)24-22(2,3)4/h6-10,20H,11,13-14H2,1-5H3,(H,24,27)/t20-/m0/s1. The number of amides is 1. The molecule has 27 heavy (non-hydrogen) atoms. The molecule has 0 spiro atoms. The van der Waals surface area contributed by atoms with Crippen LogP contribution in [0.1, 0.15) is 48.8 Å². The molecule has 0 saturated heterocycles. The van der Waals surface area contributed by atoms with Crippen LogP contribution in [0.15, 0.2) is 30.3 Å². The third-order valence-electron chi connectivity index (χ3n) is 5.27. The number of benzene rings is 1. The maximum Gasteiger partial charge on any atom is 0.238 e. The van der Waals surface area contributed by atoms with Crippen LogP contribution in [0.3, 0.4) is 0 Å². The van der Waals surface area contributed by atoms with Crippen LogP contribution in [0, 0.1) is 18.3 Å². The van der Waals surface area contributed by atoms with Gasteiger partial charge >= 0.3 is 0 Å². The first-order chi connectivity index (χ1) is 12.7. The van der Waals surface area contributed by atoms with E-state index >= 15 is 0 Å². The summed E-state index contributed by atoms with van der Waals surface area (Å²) in [6, 6.07) is 12.3. The molecule has 142 valence electrons. The maximum absolute atomic E-state index is 13.0. The third-order valence-corrected chi connectivity index (χ3v) is 5.27. The molecule has 0 saturated carbocycles. The van der Waals surface area contributed by atoms with E-state index in [1.165, 1.54) is 11.1 Å². The van der Waals surface area contributed by atoms with Gasteiger partial charge in [-0.2, -0.15) is 5.26 Å². The molecule has 5 heteroatoms. The molecule has 1 amide bonds. The molecule has 0 radical (unpaired) electrons. The molecule has 1 N–H and O–H groups in total. The summed E-state index contributed by atoms with van der Waals surface area (Å²) in [5, 5.41) is 12.5. The van der Waals surface area contributed by atoms with Crippen molar-refractivity contribution in [3.8, 4) is 6.07 Å². The number of fused-ring (bicyclic) bond motifs is 1. The highest BCUT2D eigenvalue weighted by molar-refractivity contribution is 5.83. The van der Waals surface area contributed by atoms with E-state index in [4.69, 9.17) is 0 Å². The van der Waals surface area contributed by atoms with Crippen molar-refractivity contribution in [2.24, 2.45) is 7.05 Å². The highest BCUT2D eigenvalue weighted by atomic mass is 16.2. The molecular formula is C22H28N4O. The van der Waals surface area contributed by atoms with Crippen LogP contribution >= 0.6 is 0 Å². The lowest BCUT2D eigenvalue weighted by Crippen LogP contribution is -2.54. The molecule has 1 aliphatic rings. The minimum absolute atomic E-state index is 0.0612. The van der Waals surface area contributed by atoms with E-state index in [1.54, 1.807) is 0 Å². The number of carbonyl (C=O) groups is 1. The number of hydrogen-bond acceptors (Lipinski definition) is 3. The molecule has 1 aromatic carbocycles. The molecular weight excluding hydrogens is 336 g/mol. The Balaban J connectivity index is 1.92. The predicted molar refractivity (Wildman–Crippen MR) is 106 cm³/mol. The zero-order valence-electron chi connectivity index (χ0n) is 16.8. The monoisotopic (exact) mass is 364 g/mol. The molecule has 5 nitrogen and oxygen atoms in total. The number of nitrogens with one attached hydrogen (secondary N) is 1. The summed E-state index contributed by atoms with van der Waals surface area (Å²) >= 11 is 0. The van der Waals surface area contributed by atoms with Crippen molar-refractivity contribution in [3.05, 3.63) is 58.4 Å². The topological polar surface area (TPSA) is 61.1 Å². The van der Waals surface area contributed by atoms with Crippen molar-refractivity contribution < 1.29 is 4.79 Å². The molecule has 1 atom stereocenters. The lowest BCUT2D eigenvalue weighted by atomic mass is 9.92. The van der Waals surface area contributed by atoms with Crippen molar-refractivity contribution in [2.75, 3.05) is 0 Å². The van der Waals surface area contributed by atoms with Gasteiger partial charge in [0, 0.05) is 31.4 Å². The van der Waals surface area contributed by atoms with Gasteiger partial charge in [0.2, 0.25) is 5.91 Å². The van der Waals surface area contributed by atoms with Gasteiger partial charge in [-0.1, -0.05) is 24.3 Å². The average molecular weight is 364 g/mol. The second-order valence-corrected chi connectivity index (χ2v) is 8.44. The number of nitriles is 1. The number of hydrogen-bond donors (Lipinski definition) is 1.